The number of methoxy groups -OCH3 is 1. The second-order valence-electron chi connectivity index (χ2n) is 5.22. The minimum absolute atomic E-state index is 0.0627. The van der Waals surface area contributed by atoms with Gasteiger partial charge in [-0.15, -0.1) is 0 Å². The highest BCUT2D eigenvalue weighted by atomic mass is 16.6. The number of carbonyl (C=O) groups is 2. The Bertz CT molecular complexity index is 676. The van der Waals surface area contributed by atoms with Gasteiger partial charge in [-0.1, -0.05) is 42.5 Å². The van der Waals surface area contributed by atoms with Gasteiger partial charge in [0.25, 0.3) is 0 Å². The predicted molar refractivity (Wildman–Crippen MR) is 80.7 cm³/mol. The van der Waals surface area contributed by atoms with E-state index in [1.807, 2.05) is 30.3 Å². The molecule has 0 amide bonds. The number of esters is 1. The first-order valence-electron chi connectivity index (χ1n) is 7.11. The van der Waals surface area contributed by atoms with Gasteiger partial charge < -0.3 is 9.47 Å². The molecule has 4 nitrogen and oxygen atoms in total. The van der Waals surface area contributed by atoms with Gasteiger partial charge >= 0.3 is 5.97 Å². The number of benzene rings is 2. The first-order valence-corrected chi connectivity index (χ1v) is 7.11. The molecule has 0 saturated carbocycles. The van der Waals surface area contributed by atoms with Crippen molar-refractivity contribution in [1.82, 2.24) is 0 Å². The Hall–Kier alpha value is -2.62. The molecule has 1 aliphatic heterocycles. The van der Waals surface area contributed by atoms with Crippen LogP contribution in [0.15, 0.2) is 54.6 Å². The molecule has 2 atom stereocenters. The van der Waals surface area contributed by atoms with Crippen LogP contribution in [0.1, 0.15) is 28.4 Å². The van der Waals surface area contributed by atoms with Gasteiger partial charge in [-0.2, -0.15) is 0 Å². The lowest BCUT2D eigenvalue weighted by atomic mass is 9.88. The summed E-state index contributed by atoms with van der Waals surface area (Å²) in [5.41, 5.74) is 1.41. The number of ketones is 1. The second kappa shape index (κ2) is 6.02. The van der Waals surface area contributed by atoms with Crippen molar-refractivity contribution in [3.8, 4) is 5.75 Å². The number of hydrogen-bond acceptors (Lipinski definition) is 4. The van der Waals surface area contributed by atoms with Crippen LogP contribution in [0.2, 0.25) is 0 Å². The van der Waals surface area contributed by atoms with Gasteiger partial charge in [0.15, 0.2) is 5.78 Å². The largest absolute Gasteiger partial charge is 0.497 e. The minimum atomic E-state index is -0.536. The highest BCUT2D eigenvalue weighted by Crippen LogP contribution is 2.37. The van der Waals surface area contributed by atoms with Gasteiger partial charge in [0, 0.05) is 5.56 Å². The first-order chi connectivity index (χ1) is 10.7. The SMILES string of the molecule is COc1ccc([C@@H]2OC(=O)C[C@H]2C(=O)c2ccccc2)cc1. The van der Waals surface area contributed by atoms with E-state index in [9.17, 15) is 9.59 Å². The van der Waals surface area contributed by atoms with E-state index >= 15 is 0 Å². The number of cyclic esters (lactones) is 1. The van der Waals surface area contributed by atoms with E-state index < -0.39 is 12.0 Å². The Morgan fingerprint density at radius 1 is 1.09 bits per heavy atom. The molecule has 1 heterocycles. The molecule has 3 rings (SSSR count). The first kappa shape index (κ1) is 14.3. The van der Waals surface area contributed by atoms with Crippen molar-refractivity contribution in [3.63, 3.8) is 0 Å². The maximum atomic E-state index is 12.6. The molecule has 0 aromatic heterocycles. The maximum absolute atomic E-state index is 12.6. The Labute approximate surface area is 128 Å². The molecule has 0 N–H and O–H groups in total. The highest BCUT2D eigenvalue weighted by molar-refractivity contribution is 6.01. The summed E-state index contributed by atoms with van der Waals surface area (Å²) in [6, 6.07) is 16.2. The monoisotopic (exact) mass is 296 g/mol. The van der Waals surface area contributed by atoms with Crippen LogP contribution in [-0.2, 0) is 9.53 Å². The molecule has 2 aromatic rings. The number of rotatable bonds is 4. The molecule has 0 radical (unpaired) electrons. The summed E-state index contributed by atoms with van der Waals surface area (Å²) in [5, 5.41) is 0. The summed E-state index contributed by atoms with van der Waals surface area (Å²) >= 11 is 0. The Morgan fingerprint density at radius 2 is 1.77 bits per heavy atom. The Kier molecular flexibility index (Phi) is 3.92. The zero-order valence-corrected chi connectivity index (χ0v) is 12.2. The molecular weight excluding hydrogens is 280 g/mol. The molecule has 112 valence electrons. The summed E-state index contributed by atoms with van der Waals surface area (Å²) in [6.45, 7) is 0. The van der Waals surface area contributed by atoms with Crippen LogP contribution < -0.4 is 4.74 Å². The van der Waals surface area contributed by atoms with Crippen molar-refractivity contribution in [2.45, 2.75) is 12.5 Å². The van der Waals surface area contributed by atoms with Gasteiger partial charge in [-0.25, -0.2) is 0 Å². The van der Waals surface area contributed by atoms with Crippen molar-refractivity contribution in [1.29, 1.82) is 0 Å². The van der Waals surface area contributed by atoms with E-state index in [1.165, 1.54) is 0 Å². The lowest BCUT2D eigenvalue weighted by Crippen LogP contribution is -2.18. The van der Waals surface area contributed by atoms with Crippen molar-refractivity contribution in [3.05, 3.63) is 65.7 Å². The van der Waals surface area contributed by atoms with Crippen LogP contribution in [0, 0.1) is 5.92 Å². The lowest BCUT2D eigenvalue weighted by Gasteiger charge is -2.17. The van der Waals surface area contributed by atoms with Crippen LogP contribution in [-0.4, -0.2) is 18.9 Å². The average molecular weight is 296 g/mol. The van der Waals surface area contributed by atoms with Gasteiger partial charge in [-0.05, 0) is 17.7 Å². The third-order valence-electron chi connectivity index (χ3n) is 3.85. The quantitative estimate of drug-likeness (QED) is 0.642. The van der Waals surface area contributed by atoms with Crippen LogP contribution >= 0.6 is 0 Å². The maximum Gasteiger partial charge on any atom is 0.307 e. The Morgan fingerprint density at radius 3 is 2.41 bits per heavy atom. The van der Waals surface area contributed by atoms with Crippen molar-refractivity contribution in [2.24, 2.45) is 5.92 Å². The van der Waals surface area contributed by atoms with Crippen LogP contribution in [0.3, 0.4) is 0 Å². The molecule has 4 heteroatoms. The molecule has 0 bridgehead atoms. The average Bonchev–Trinajstić information content (AvgIpc) is 2.97. The van der Waals surface area contributed by atoms with E-state index in [0.29, 0.717) is 5.56 Å². The minimum Gasteiger partial charge on any atom is -0.497 e. The smallest absolute Gasteiger partial charge is 0.307 e. The molecule has 1 aliphatic rings. The van der Waals surface area contributed by atoms with Gasteiger partial charge in [0.05, 0.1) is 19.4 Å². The van der Waals surface area contributed by atoms with E-state index in [1.54, 1.807) is 31.4 Å². The summed E-state index contributed by atoms with van der Waals surface area (Å²) in [7, 11) is 1.59. The molecule has 2 aromatic carbocycles. The van der Waals surface area contributed by atoms with Gasteiger partial charge in [0.2, 0.25) is 0 Å². The number of ether oxygens (including phenoxy) is 2. The molecule has 1 fully saturated rings. The molecule has 1 saturated heterocycles. The van der Waals surface area contributed by atoms with Crippen LogP contribution in [0.5, 0.6) is 5.75 Å². The van der Waals surface area contributed by atoms with Crippen LogP contribution in [0.25, 0.3) is 0 Å². The molecule has 22 heavy (non-hydrogen) atoms. The number of hydrogen-bond donors (Lipinski definition) is 0. The Balaban J connectivity index is 1.88. The zero-order chi connectivity index (χ0) is 15.5. The van der Waals surface area contributed by atoms with Crippen molar-refractivity contribution >= 4 is 11.8 Å². The lowest BCUT2D eigenvalue weighted by molar-refractivity contribution is -0.141. The van der Waals surface area contributed by atoms with Crippen LogP contribution in [0.4, 0.5) is 0 Å². The second-order valence-corrected chi connectivity index (χ2v) is 5.22. The van der Waals surface area contributed by atoms with Gasteiger partial charge in [0.1, 0.15) is 11.9 Å². The van der Waals surface area contributed by atoms with E-state index in [-0.39, 0.29) is 18.2 Å². The summed E-state index contributed by atoms with van der Waals surface area (Å²) < 4.78 is 10.5. The standard InChI is InChI=1S/C18H16O4/c1-21-14-9-7-13(8-10-14)18-15(11-16(19)22-18)17(20)12-5-3-2-4-6-12/h2-10,15,18H,11H2,1H3/t15-,18-/m0/s1. The summed E-state index contributed by atoms with van der Waals surface area (Å²) in [4.78, 5) is 24.3. The molecule has 0 unspecified atom stereocenters. The van der Waals surface area contributed by atoms with Crippen molar-refractivity contribution < 1.29 is 19.1 Å². The topological polar surface area (TPSA) is 52.6 Å². The van der Waals surface area contributed by atoms with E-state index in [0.717, 1.165) is 11.3 Å². The number of carbonyl (C=O) groups excluding carboxylic acids is 2. The molecule has 0 aliphatic carbocycles. The molecular formula is C18H16O4. The fraction of sp³-hybridized carbons (Fsp3) is 0.222. The normalized spacial score (nSPS) is 20.5. The zero-order valence-electron chi connectivity index (χ0n) is 12.2. The van der Waals surface area contributed by atoms with Gasteiger partial charge in [-0.3, -0.25) is 9.59 Å². The highest BCUT2D eigenvalue weighted by Gasteiger charge is 2.40. The molecule has 0 spiro atoms. The third kappa shape index (κ3) is 2.72. The number of Topliss-reactive ketones (excluding diaryl/α,β-unsaturated/α-hetero) is 1. The van der Waals surface area contributed by atoms with E-state index in [2.05, 4.69) is 0 Å². The fourth-order valence-electron chi connectivity index (χ4n) is 2.70. The summed E-state index contributed by atoms with van der Waals surface area (Å²) in [5.74, 6) is -0.162. The fourth-order valence-corrected chi connectivity index (χ4v) is 2.70. The summed E-state index contributed by atoms with van der Waals surface area (Å²) in [6.07, 6.45) is -0.421. The predicted octanol–water partition coefficient (Wildman–Crippen LogP) is 3.18. The van der Waals surface area contributed by atoms with Crippen molar-refractivity contribution in [2.75, 3.05) is 7.11 Å². The van der Waals surface area contributed by atoms with E-state index in [4.69, 9.17) is 9.47 Å². The third-order valence-corrected chi connectivity index (χ3v) is 3.85.